The van der Waals surface area contributed by atoms with E-state index in [2.05, 4.69) is 47.2 Å². The average Bonchev–Trinajstić information content (AvgIpc) is 3.30. The number of benzene rings is 2. The first-order valence-electron chi connectivity index (χ1n) is 20.4. The highest BCUT2D eigenvalue weighted by Crippen LogP contribution is 2.23. The van der Waals surface area contributed by atoms with Crippen molar-refractivity contribution in [1.29, 1.82) is 10.5 Å². The van der Waals surface area contributed by atoms with Crippen molar-refractivity contribution in [2.75, 3.05) is 0 Å². The van der Waals surface area contributed by atoms with Crippen molar-refractivity contribution in [2.45, 2.75) is 79.3 Å². The molecule has 0 bridgehead atoms. The summed E-state index contributed by atoms with van der Waals surface area (Å²) in [5, 5.41) is 17.7. The molecule has 0 atom stereocenters. The van der Waals surface area contributed by atoms with Crippen LogP contribution < -0.4 is 22.5 Å². The highest BCUT2D eigenvalue weighted by molar-refractivity contribution is 14.1. The fourth-order valence-corrected chi connectivity index (χ4v) is 7.16. The van der Waals surface area contributed by atoms with E-state index in [1.807, 2.05) is 45.9 Å². The fraction of sp³-hybridized carbons (Fsp3) is 0.250. The van der Waals surface area contributed by atoms with E-state index >= 15 is 0 Å². The number of carbonyl (C=O) groups excluding carboxylic acids is 2. The van der Waals surface area contributed by atoms with E-state index in [0.717, 1.165) is 27.8 Å². The molecule has 2 aromatic carbocycles. The number of allylic oxidation sites excluding steroid dienone is 1. The Balaban J connectivity index is 0.000000326. The van der Waals surface area contributed by atoms with Gasteiger partial charge in [0.15, 0.2) is 5.70 Å². The summed E-state index contributed by atoms with van der Waals surface area (Å²) >= 11 is 1.65. The van der Waals surface area contributed by atoms with Gasteiger partial charge in [0.25, 0.3) is 11.1 Å². The molecule has 4 aromatic heterocycles. The molecule has 2 N–H and O–H groups in total. The Hall–Kier alpha value is -6.92. The number of halogens is 1. The second-order valence-electron chi connectivity index (χ2n) is 15.4. The first kappa shape index (κ1) is 53.4. The number of aromatic nitrogens is 6. The van der Waals surface area contributed by atoms with E-state index in [1.165, 1.54) is 15.2 Å². The molecule has 0 spiro atoms. The van der Waals surface area contributed by atoms with Crippen LogP contribution in [0.25, 0.3) is 6.08 Å². The zero-order chi connectivity index (χ0) is 49.1. The van der Waals surface area contributed by atoms with Gasteiger partial charge in [-0.3, -0.25) is 48.2 Å². The molecule has 6 aromatic rings. The van der Waals surface area contributed by atoms with Crippen LogP contribution in [0.5, 0.6) is 0 Å². The molecular formula is C48H46B3IN8O6. The summed E-state index contributed by atoms with van der Waals surface area (Å²) < 4.78 is 2.63. The van der Waals surface area contributed by atoms with Gasteiger partial charge in [-0.1, -0.05) is 45.4 Å². The quantitative estimate of drug-likeness (QED) is 0.0594. The van der Waals surface area contributed by atoms with Crippen molar-refractivity contribution in [3.63, 3.8) is 0 Å². The van der Waals surface area contributed by atoms with Crippen molar-refractivity contribution in [1.82, 2.24) is 29.1 Å². The van der Waals surface area contributed by atoms with E-state index in [4.69, 9.17) is 10.5 Å². The fourth-order valence-electron chi connectivity index (χ4n) is 7.16. The molecule has 0 aliphatic carbocycles. The molecule has 6 rings (SSSR count). The van der Waals surface area contributed by atoms with Crippen LogP contribution in [-0.4, -0.2) is 61.8 Å². The normalized spacial score (nSPS) is 10.4. The maximum Gasteiger partial charge on any atom is 0.329 e. The van der Waals surface area contributed by atoms with Crippen molar-refractivity contribution in [3.8, 4) is 12.1 Å². The van der Waals surface area contributed by atoms with Crippen molar-refractivity contribution in [2.24, 2.45) is 0 Å². The van der Waals surface area contributed by atoms with E-state index in [1.54, 1.807) is 116 Å². The number of aromatic amines is 2. The number of hydrogen-bond donors (Lipinski definition) is 2. The number of nitriles is 2. The molecule has 0 amide bonds. The van der Waals surface area contributed by atoms with Gasteiger partial charge in [-0.15, -0.1) is 0 Å². The molecule has 0 saturated carbocycles. The third-order valence-corrected chi connectivity index (χ3v) is 9.87. The minimum absolute atomic E-state index is 0.0707. The first-order valence-corrected chi connectivity index (χ1v) is 21.7. The summed E-state index contributed by atoms with van der Waals surface area (Å²) in [7, 11) is 8.00. The van der Waals surface area contributed by atoms with Crippen LogP contribution in [0.2, 0.25) is 0 Å². The monoisotopic (exact) mass is 990 g/mol. The molecule has 66 heavy (non-hydrogen) atoms. The van der Waals surface area contributed by atoms with Crippen LogP contribution in [-0.2, 0) is 19.5 Å². The predicted octanol–water partition coefficient (Wildman–Crippen LogP) is 6.02. The number of ketones is 2. The summed E-state index contributed by atoms with van der Waals surface area (Å²) in [5.41, 5.74) is 8.31. The third kappa shape index (κ3) is 14.0. The lowest BCUT2D eigenvalue weighted by Crippen LogP contribution is -2.38. The SMILES string of the molecule is Cc1cc(/C=C/C#N)cc(C(=O)c2c(C(C)C)c(=O)[nH]c(=O)n2Cc2ccncc2)c1.Cc1cc(CCC#N)cc(C(=O)c2c(C(C)C)c(=O)[nH]c(=O)n2Cc2ccncc2)c1.[B]I.[B][B]. The molecule has 0 saturated heterocycles. The van der Waals surface area contributed by atoms with Gasteiger partial charge in [0.1, 0.15) is 11.4 Å². The summed E-state index contributed by atoms with van der Waals surface area (Å²) in [6.07, 6.45) is 10.2. The number of H-pyrrole nitrogens is 2. The number of carbonyl (C=O) groups is 2. The highest BCUT2D eigenvalue weighted by atomic mass is 127. The molecule has 4 heterocycles. The molecule has 0 aliphatic heterocycles. The van der Waals surface area contributed by atoms with Gasteiger partial charge in [0, 0.05) is 75.0 Å². The Labute approximate surface area is 400 Å². The van der Waals surface area contributed by atoms with Crippen LogP contribution >= 0.6 is 22.4 Å². The van der Waals surface area contributed by atoms with E-state index in [9.17, 15) is 28.8 Å². The van der Waals surface area contributed by atoms with E-state index < -0.39 is 28.3 Å². The van der Waals surface area contributed by atoms with Gasteiger partial charge in [0.05, 0.1) is 25.2 Å². The largest absolute Gasteiger partial charge is 0.329 e. The Morgan fingerprint density at radius 3 is 1.52 bits per heavy atom. The lowest BCUT2D eigenvalue weighted by Gasteiger charge is -2.18. The van der Waals surface area contributed by atoms with Gasteiger partial charge in [0.2, 0.25) is 11.6 Å². The second-order valence-corrected chi connectivity index (χ2v) is 15.4. The van der Waals surface area contributed by atoms with E-state index in [0.29, 0.717) is 29.5 Å². The zero-order valence-electron chi connectivity index (χ0n) is 37.5. The topological polar surface area (TPSA) is 217 Å². The van der Waals surface area contributed by atoms with E-state index in [-0.39, 0.29) is 53.2 Å². The zero-order valence-corrected chi connectivity index (χ0v) is 39.6. The molecule has 6 radical (unpaired) electrons. The Kier molecular flexibility index (Phi) is 21.2. The van der Waals surface area contributed by atoms with Crippen LogP contribution in [0.1, 0.15) is 123 Å². The number of aryl methyl sites for hydroxylation is 3. The number of pyridine rings is 2. The summed E-state index contributed by atoms with van der Waals surface area (Å²) in [6.45, 7) is 11.2. The summed E-state index contributed by atoms with van der Waals surface area (Å²) in [5.74, 6) is -1.36. The van der Waals surface area contributed by atoms with Crippen LogP contribution in [0.3, 0.4) is 0 Å². The minimum Gasteiger partial charge on any atom is -0.287 e. The van der Waals surface area contributed by atoms with Gasteiger partial charge in [-0.05, 0) is 115 Å². The van der Waals surface area contributed by atoms with Gasteiger partial charge in [-0.2, -0.15) is 32.9 Å². The molecule has 0 unspecified atom stereocenters. The Bertz CT molecular complexity index is 3010. The van der Waals surface area contributed by atoms with Gasteiger partial charge < -0.3 is 0 Å². The standard InChI is InChI=1S/C24H24N4O3.C24H22N4O3.B2.BI/c2*1-15(2)20-21(22(29)19-12-16(3)11-18(13-19)5-4-8-25)28(24(31)27-23(20)30)14-17-6-9-26-10-7-17;2*1-2/h6-7,9-13,15H,4-5,14H2,1-3H3,(H,27,30,31);4-7,9-13,15H,14H2,1-3H3,(H,27,30,31);;/b;5-4+;;. The summed E-state index contributed by atoms with van der Waals surface area (Å²) in [6, 6.07) is 21.7. The number of hydrogen-bond acceptors (Lipinski definition) is 10. The molecular weight excluding hydrogens is 944 g/mol. The Morgan fingerprint density at radius 1 is 0.682 bits per heavy atom. The molecule has 330 valence electrons. The molecule has 14 nitrogen and oxygen atoms in total. The number of rotatable bonds is 13. The molecule has 0 aliphatic rings. The maximum atomic E-state index is 13.7. The van der Waals surface area contributed by atoms with Crippen molar-refractivity contribution in [3.05, 3.63) is 200 Å². The molecule has 0 fully saturated rings. The lowest BCUT2D eigenvalue weighted by atomic mass is 9.81. The van der Waals surface area contributed by atoms with Crippen molar-refractivity contribution >= 4 is 61.2 Å². The summed E-state index contributed by atoms with van der Waals surface area (Å²) in [4.78, 5) is 90.8. The van der Waals surface area contributed by atoms with Crippen LogP contribution in [0.15, 0.2) is 111 Å². The smallest absolute Gasteiger partial charge is 0.287 e. The number of nitrogens with zero attached hydrogens (tertiary/aromatic N) is 6. The first-order chi connectivity index (χ1) is 31.6. The third-order valence-electron chi connectivity index (χ3n) is 9.87. The highest BCUT2D eigenvalue weighted by Gasteiger charge is 2.26. The average molecular weight is 990 g/mol. The number of nitrogens with one attached hydrogen (secondary N) is 2. The van der Waals surface area contributed by atoms with Gasteiger partial charge >= 0.3 is 11.4 Å². The Morgan fingerprint density at radius 2 is 1.11 bits per heavy atom. The maximum absolute atomic E-state index is 13.7. The van der Waals surface area contributed by atoms with Crippen LogP contribution in [0.4, 0.5) is 0 Å². The minimum atomic E-state index is -0.646. The predicted molar refractivity (Wildman–Crippen MR) is 267 cm³/mol. The van der Waals surface area contributed by atoms with Crippen LogP contribution in [0, 0.1) is 36.5 Å². The van der Waals surface area contributed by atoms with Gasteiger partial charge in [-0.25, -0.2) is 9.59 Å². The molecule has 18 heteroatoms. The second kappa shape index (κ2) is 26.1. The van der Waals surface area contributed by atoms with Crippen molar-refractivity contribution < 1.29 is 9.59 Å². The lowest BCUT2D eigenvalue weighted by molar-refractivity contribution is 0.101.